The van der Waals surface area contributed by atoms with E-state index in [1.54, 1.807) is 13.2 Å². The summed E-state index contributed by atoms with van der Waals surface area (Å²) in [5.41, 5.74) is 1.76. The Morgan fingerprint density at radius 1 is 1.33 bits per heavy atom. The normalized spacial score (nSPS) is 16.5. The maximum atomic E-state index is 12.4. The van der Waals surface area contributed by atoms with Gasteiger partial charge >= 0.3 is 0 Å². The molecule has 0 bridgehead atoms. The molecule has 0 saturated heterocycles. The molecule has 8 heteroatoms. The zero-order chi connectivity index (χ0) is 18.8. The highest BCUT2D eigenvalue weighted by atomic mass is 32.1. The van der Waals surface area contributed by atoms with Gasteiger partial charge in [-0.1, -0.05) is 6.07 Å². The van der Waals surface area contributed by atoms with Crippen LogP contribution in [-0.2, 0) is 22.6 Å². The fourth-order valence-electron chi connectivity index (χ4n) is 3.09. The molecule has 7 nitrogen and oxygen atoms in total. The number of aromatic nitrogens is 1. The summed E-state index contributed by atoms with van der Waals surface area (Å²) in [7, 11) is 1.60. The summed E-state index contributed by atoms with van der Waals surface area (Å²) in [5.74, 6) is 0.901. The summed E-state index contributed by atoms with van der Waals surface area (Å²) < 4.78 is 5.18. The lowest BCUT2D eigenvalue weighted by atomic mass is 10.2. The second kappa shape index (κ2) is 7.66. The van der Waals surface area contributed by atoms with Crippen molar-refractivity contribution in [1.29, 1.82) is 0 Å². The van der Waals surface area contributed by atoms with E-state index in [9.17, 15) is 9.59 Å². The average Bonchev–Trinajstić information content (AvgIpc) is 3.43. The minimum Gasteiger partial charge on any atom is -0.497 e. The summed E-state index contributed by atoms with van der Waals surface area (Å²) in [5, 5.41) is 6.51. The number of carbonyl (C=O) groups excluding carboxylic acids is 2. The third kappa shape index (κ3) is 4.45. The Morgan fingerprint density at radius 2 is 2.19 bits per heavy atom. The maximum Gasteiger partial charge on any atom is 0.238 e. The van der Waals surface area contributed by atoms with E-state index in [-0.39, 0.29) is 17.7 Å². The van der Waals surface area contributed by atoms with Crippen LogP contribution in [0.3, 0.4) is 0 Å². The van der Waals surface area contributed by atoms with E-state index in [0.717, 1.165) is 42.1 Å². The lowest BCUT2D eigenvalue weighted by Crippen LogP contribution is -2.36. The summed E-state index contributed by atoms with van der Waals surface area (Å²) in [6.45, 7) is 1.77. The van der Waals surface area contributed by atoms with E-state index in [4.69, 9.17) is 4.74 Å². The Hall–Kier alpha value is -2.45. The van der Waals surface area contributed by atoms with Crippen LogP contribution >= 0.6 is 11.3 Å². The van der Waals surface area contributed by atoms with E-state index >= 15 is 0 Å². The van der Waals surface area contributed by atoms with Crippen LogP contribution in [0.1, 0.15) is 23.4 Å². The first-order valence-electron chi connectivity index (χ1n) is 9.06. The molecule has 142 valence electrons. The van der Waals surface area contributed by atoms with E-state index in [0.29, 0.717) is 24.0 Å². The second-order valence-electron chi connectivity index (χ2n) is 6.89. The van der Waals surface area contributed by atoms with Crippen LogP contribution in [0.15, 0.2) is 24.3 Å². The first kappa shape index (κ1) is 17.9. The average molecular weight is 386 g/mol. The number of anilines is 2. The van der Waals surface area contributed by atoms with Crippen molar-refractivity contribution >= 4 is 34.0 Å². The van der Waals surface area contributed by atoms with E-state index in [1.807, 2.05) is 18.2 Å². The highest BCUT2D eigenvalue weighted by Gasteiger charge is 2.31. The molecule has 1 fully saturated rings. The van der Waals surface area contributed by atoms with Gasteiger partial charge in [-0.25, -0.2) is 4.98 Å². The molecule has 0 spiro atoms. The Bertz CT molecular complexity index is 862. The summed E-state index contributed by atoms with van der Waals surface area (Å²) in [6.07, 6.45) is 2.75. The zero-order valence-electron chi connectivity index (χ0n) is 15.2. The molecule has 4 rings (SSSR count). The number of ether oxygens (including phenoxy) is 1. The van der Waals surface area contributed by atoms with Gasteiger partial charge in [0.15, 0.2) is 5.13 Å². The molecule has 1 aliphatic heterocycles. The molecule has 1 saturated carbocycles. The number of benzene rings is 1. The number of thiazole rings is 1. The molecule has 2 heterocycles. The molecule has 0 unspecified atom stereocenters. The number of nitrogens with one attached hydrogen (secondary N) is 2. The molecular weight excluding hydrogens is 364 g/mol. The number of amides is 2. The van der Waals surface area contributed by atoms with Gasteiger partial charge in [0.25, 0.3) is 0 Å². The summed E-state index contributed by atoms with van der Waals surface area (Å²) in [6, 6.07) is 7.32. The molecule has 1 aromatic heterocycles. The Balaban J connectivity index is 1.32. The topological polar surface area (TPSA) is 83.6 Å². The van der Waals surface area contributed by atoms with Crippen molar-refractivity contribution in [3.05, 3.63) is 34.8 Å². The van der Waals surface area contributed by atoms with Crippen LogP contribution in [-0.4, -0.2) is 41.9 Å². The third-order valence-corrected chi connectivity index (χ3v) is 5.71. The van der Waals surface area contributed by atoms with Crippen molar-refractivity contribution in [2.45, 2.75) is 25.8 Å². The predicted molar refractivity (Wildman–Crippen MR) is 104 cm³/mol. The molecule has 0 atom stereocenters. The first-order valence-corrected chi connectivity index (χ1v) is 9.88. The first-order chi connectivity index (χ1) is 13.1. The van der Waals surface area contributed by atoms with Gasteiger partial charge in [-0.05, 0) is 25.0 Å². The minimum atomic E-state index is -0.0570. The van der Waals surface area contributed by atoms with E-state index in [1.165, 1.54) is 11.3 Å². The van der Waals surface area contributed by atoms with E-state index in [2.05, 4.69) is 20.5 Å². The number of hydrogen-bond donors (Lipinski definition) is 2. The van der Waals surface area contributed by atoms with Crippen molar-refractivity contribution in [2.24, 2.45) is 5.92 Å². The second-order valence-corrected chi connectivity index (χ2v) is 7.98. The lowest BCUT2D eigenvalue weighted by molar-refractivity contribution is -0.118. The number of fused-ring (bicyclic) bond motifs is 1. The number of rotatable bonds is 6. The molecule has 2 N–H and O–H groups in total. The Kier molecular flexibility index (Phi) is 5.09. The molecule has 27 heavy (non-hydrogen) atoms. The lowest BCUT2D eigenvalue weighted by Gasteiger charge is -2.25. The van der Waals surface area contributed by atoms with Gasteiger partial charge < -0.3 is 15.4 Å². The van der Waals surface area contributed by atoms with Gasteiger partial charge in [-0.2, -0.15) is 0 Å². The molecule has 0 radical (unpaired) electrons. The van der Waals surface area contributed by atoms with Crippen LogP contribution < -0.4 is 15.4 Å². The quantitative estimate of drug-likeness (QED) is 0.797. The maximum absolute atomic E-state index is 12.4. The molecule has 2 amide bonds. The van der Waals surface area contributed by atoms with Gasteiger partial charge in [-0.3, -0.25) is 14.5 Å². The highest BCUT2D eigenvalue weighted by Crippen LogP contribution is 2.33. The summed E-state index contributed by atoms with van der Waals surface area (Å²) >= 11 is 1.52. The SMILES string of the molecule is COc1cccc(NC(=O)CN2CCc3nc(NC(=O)C4CC4)sc3C2)c1. The number of methoxy groups -OCH3 is 1. The van der Waals surface area contributed by atoms with Crippen LogP contribution in [0.25, 0.3) is 0 Å². The van der Waals surface area contributed by atoms with Gasteiger partial charge in [0, 0.05) is 42.1 Å². The van der Waals surface area contributed by atoms with Crippen LogP contribution in [0.4, 0.5) is 10.8 Å². The van der Waals surface area contributed by atoms with Gasteiger partial charge in [0.2, 0.25) is 11.8 Å². The van der Waals surface area contributed by atoms with Crippen LogP contribution in [0.2, 0.25) is 0 Å². The monoisotopic (exact) mass is 386 g/mol. The fourth-order valence-corrected chi connectivity index (χ4v) is 4.15. The molecule has 1 aromatic carbocycles. The smallest absolute Gasteiger partial charge is 0.238 e. The molecule has 2 aliphatic rings. The van der Waals surface area contributed by atoms with Crippen molar-refractivity contribution in [3.8, 4) is 5.75 Å². The van der Waals surface area contributed by atoms with Crippen molar-refractivity contribution in [2.75, 3.05) is 30.8 Å². The zero-order valence-corrected chi connectivity index (χ0v) is 16.0. The van der Waals surface area contributed by atoms with Crippen molar-refractivity contribution in [3.63, 3.8) is 0 Å². The molecule has 1 aliphatic carbocycles. The standard InChI is InChI=1S/C19H22N4O3S/c1-26-14-4-2-3-13(9-14)20-17(24)11-23-8-7-15-16(10-23)27-19(21-15)22-18(25)12-5-6-12/h2-4,9,12H,5-8,10-11H2,1H3,(H,20,24)(H,21,22,25). The van der Waals surface area contributed by atoms with Crippen molar-refractivity contribution < 1.29 is 14.3 Å². The van der Waals surface area contributed by atoms with Gasteiger partial charge in [0.05, 0.1) is 19.3 Å². The fraction of sp³-hybridized carbons (Fsp3) is 0.421. The predicted octanol–water partition coefficient (Wildman–Crippen LogP) is 2.50. The number of carbonyl (C=O) groups is 2. The minimum absolute atomic E-state index is 0.0570. The van der Waals surface area contributed by atoms with Crippen molar-refractivity contribution in [1.82, 2.24) is 9.88 Å². The largest absolute Gasteiger partial charge is 0.497 e. The highest BCUT2D eigenvalue weighted by molar-refractivity contribution is 7.15. The number of hydrogen-bond acceptors (Lipinski definition) is 6. The van der Waals surface area contributed by atoms with Gasteiger partial charge in [-0.15, -0.1) is 11.3 Å². The Morgan fingerprint density at radius 3 is 2.96 bits per heavy atom. The summed E-state index contributed by atoms with van der Waals surface area (Å²) in [4.78, 5) is 32.0. The van der Waals surface area contributed by atoms with Gasteiger partial charge in [0.1, 0.15) is 5.75 Å². The van der Waals surface area contributed by atoms with E-state index < -0.39 is 0 Å². The Labute approximate surface area is 161 Å². The van der Waals surface area contributed by atoms with Crippen LogP contribution in [0, 0.1) is 5.92 Å². The third-order valence-electron chi connectivity index (χ3n) is 4.71. The number of nitrogens with zero attached hydrogens (tertiary/aromatic N) is 2. The molecular formula is C19H22N4O3S. The molecule has 2 aromatic rings. The van der Waals surface area contributed by atoms with Crippen LogP contribution in [0.5, 0.6) is 5.75 Å².